The number of aryl methyl sites for hydroxylation is 6. The highest BCUT2D eigenvalue weighted by atomic mass is 79.9. The number of benzene rings is 2. The van der Waals surface area contributed by atoms with Gasteiger partial charge in [0.05, 0.1) is 34.4 Å². The Kier molecular flexibility index (Phi) is 13.4. The minimum absolute atomic E-state index is 0.0212. The minimum Gasteiger partial charge on any atom is -0.492 e. The summed E-state index contributed by atoms with van der Waals surface area (Å²) >= 11 is 3.34. The number of pyridine rings is 3. The predicted molar refractivity (Wildman–Crippen MR) is 218 cm³/mol. The van der Waals surface area contributed by atoms with Crippen LogP contribution in [0.15, 0.2) is 63.9 Å². The normalized spacial score (nSPS) is 15.0. The molecule has 0 amide bonds. The van der Waals surface area contributed by atoms with Crippen LogP contribution in [0.1, 0.15) is 80.9 Å². The van der Waals surface area contributed by atoms with Crippen LogP contribution in [0.5, 0.6) is 23.3 Å². The van der Waals surface area contributed by atoms with E-state index >= 15 is 0 Å². The van der Waals surface area contributed by atoms with E-state index in [-0.39, 0.29) is 23.6 Å². The summed E-state index contributed by atoms with van der Waals surface area (Å²) in [5.74, 6) is 2.70. The molecule has 2 atom stereocenters. The molecule has 0 fully saturated rings. The predicted octanol–water partition coefficient (Wildman–Crippen LogP) is 9.25. The van der Waals surface area contributed by atoms with Crippen LogP contribution in [0.3, 0.4) is 0 Å². The molecule has 0 radical (unpaired) electrons. The summed E-state index contributed by atoms with van der Waals surface area (Å²) in [6, 6.07) is 17.9. The van der Waals surface area contributed by atoms with Gasteiger partial charge in [-0.2, -0.15) is 0 Å². The Morgan fingerprint density at radius 1 is 0.855 bits per heavy atom. The maximum atomic E-state index is 11.7. The van der Waals surface area contributed by atoms with Crippen LogP contribution in [0.25, 0.3) is 11.1 Å². The molecule has 2 aliphatic rings. The molecule has 55 heavy (non-hydrogen) atoms. The van der Waals surface area contributed by atoms with Crippen molar-refractivity contribution >= 4 is 21.9 Å². The van der Waals surface area contributed by atoms with Crippen LogP contribution in [-0.2, 0) is 16.0 Å². The third kappa shape index (κ3) is 9.57. The van der Waals surface area contributed by atoms with Crippen molar-refractivity contribution in [2.45, 2.75) is 79.8 Å². The zero-order valence-corrected chi connectivity index (χ0v) is 34.9. The molecule has 11 heteroatoms. The third-order valence-electron chi connectivity index (χ3n) is 10.1. The number of carbonyl (C=O) groups is 1. The molecule has 5 aromatic rings. The van der Waals surface area contributed by atoms with Gasteiger partial charge in [-0.05, 0) is 122 Å². The van der Waals surface area contributed by atoms with Crippen LogP contribution in [-0.4, -0.2) is 48.9 Å². The van der Waals surface area contributed by atoms with Crippen molar-refractivity contribution < 1.29 is 28.5 Å². The Balaban J connectivity index is 0.000000224. The number of nitrogens with one attached hydrogen (secondary N) is 1. The number of fused-ring (bicyclic) bond motifs is 2. The smallest absolute Gasteiger partial charge is 0.306 e. The molecule has 0 unspecified atom stereocenters. The van der Waals surface area contributed by atoms with E-state index in [0.717, 1.165) is 62.6 Å². The lowest BCUT2D eigenvalue weighted by atomic mass is 9.93. The zero-order chi connectivity index (χ0) is 40.0. The zero-order valence-electron chi connectivity index (χ0n) is 33.3. The number of carbonyl (C=O) groups excluding carboxylic acids is 1. The van der Waals surface area contributed by atoms with Crippen molar-refractivity contribution in [3.05, 3.63) is 125 Å². The number of aromatic amines is 1. The van der Waals surface area contributed by atoms with Crippen molar-refractivity contribution in [3.8, 4) is 34.4 Å². The number of rotatable bonds is 7. The van der Waals surface area contributed by atoms with E-state index in [9.17, 15) is 9.59 Å². The number of H-pyrrole nitrogens is 1. The number of hydrogen-bond acceptors (Lipinski definition) is 9. The van der Waals surface area contributed by atoms with E-state index in [1.807, 2.05) is 58.0 Å². The first-order valence-corrected chi connectivity index (χ1v) is 19.0. The van der Waals surface area contributed by atoms with Crippen molar-refractivity contribution in [2.75, 3.05) is 27.9 Å². The van der Waals surface area contributed by atoms with Crippen molar-refractivity contribution in [2.24, 2.45) is 0 Å². The molecule has 1 N–H and O–H groups in total. The number of aromatic nitrogens is 3. The highest BCUT2D eigenvalue weighted by Crippen LogP contribution is 2.44. The fraction of sp³-hybridized carbons (Fsp3) is 0.364. The van der Waals surface area contributed by atoms with Gasteiger partial charge in [-0.15, -0.1) is 0 Å². The van der Waals surface area contributed by atoms with Crippen molar-refractivity contribution in [1.29, 1.82) is 0 Å². The Bertz CT molecular complexity index is 2180. The van der Waals surface area contributed by atoms with E-state index in [1.165, 1.54) is 40.5 Å². The van der Waals surface area contributed by atoms with Gasteiger partial charge >= 0.3 is 5.97 Å². The fourth-order valence-corrected chi connectivity index (χ4v) is 7.24. The summed E-state index contributed by atoms with van der Waals surface area (Å²) in [4.78, 5) is 34.0. The molecule has 1 aliphatic heterocycles. The number of halogens is 1. The molecule has 7 rings (SSSR count). The van der Waals surface area contributed by atoms with E-state index in [4.69, 9.17) is 23.7 Å². The summed E-state index contributed by atoms with van der Waals surface area (Å²) in [5, 5.41) is 0. The molecular formula is C44H50BrN3O7. The van der Waals surface area contributed by atoms with E-state index in [2.05, 4.69) is 69.9 Å². The number of esters is 1. The largest absolute Gasteiger partial charge is 0.492 e. The molecular weight excluding hydrogens is 762 g/mol. The van der Waals surface area contributed by atoms with Gasteiger partial charge in [0.15, 0.2) is 0 Å². The highest BCUT2D eigenvalue weighted by molar-refractivity contribution is 9.10. The molecule has 0 bridgehead atoms. The standard InChI is InChI=1S/C28H29NO5.C9H13NO.C7H8BrNO/c1-16-12-26(31-3)29-17(2)28(16)23-7-5-6-22-21(23)10-11-24(22)34-19-8-9-20-18(13-27(30)32-4)15-33-25(20)14-19;1-6-5-9(11-4)10-8(3)7(6)2;1-4-3-6(10)9-5(2)7(4)8/h5-9,12,14,18,24H,10-11,13,15H2,1-4H3;5H,1-4H3;3H,1-2H3,(H,9,10)/t18-,24-;;/m1../s1. The molecule has 0 saturated carbocycles. The van der Waals surface area contributed by atoms with Gasteiger partial charge in [-0.3, -0.25) is 9.59 Å². The SMILES string of the molecule is COC(=O)C[C@@H]1COc2cc(O[C@@H]3CCc4c(-c5c(C)cc(OC)nc5C)cccc43)ccc21.COc1cc(C)c(C)c(C)n1.Cc1cc(=O)[nH]c(C)c1Br. The van der Waals surface area contributed by atoms with Crippen molar-refractivity contribution in [3.63, 3.8) is 0 Å². The van der Waals surface area contributed by atoms with Gasteiger partial charge in [0, 0.05) is 62.9 Å². The molecule has 10 nitrogen and oxygen atoms in total. The summed E-state index contributed by atoms with van der Waals surface area (Å²) in [7, 11) is 4.69. The number of ether oxygens (including phenoxy) is 5. The maximum absolute atomic E-state index is 11.7. The molecule has 1 aliphatic carbocycles. The molecule has 0 saturated heterocycles. The van der Waals surface area contributed by atoms with E-state index < -0.39 is 0 Å². The summed E-state index contributed by atoms with van der Waals surface area (Å²) in [6.07, 6.45) is 2.16. The Labute approximate surface area is 331 Å². The maximum Gasteiger partial charge on any atom is 0.306 e. The third-order valence-corrected chi connectivity index (χ3v) is 11.4. The molecule has 0 spiro atoms. The van der Waals surface area contributed by atoms with Gasteiger partial charge in [-0.1, -0.05) is 24.3 Å². The first-order valence-electron chi connectivity index (χ1n) is 18.2. The average Bonchev–Trinajstić information content (AvgIpc) is 3.76. The number of hydrogen-bond donors (Lipinski definition) is 1. The molecule has 2 aromatic carbocycles. The second kappa shape index (κ2) is 18.0. The number of methoxy groups -OCH3 is 3. The number of nitrogens with zero attached hydrogens (tertiary/aromatic N) is 2. The Morgan fingerprint density at radius 2 is 1.55 bits per heavy atom. The highest BCUT2D eigenvalue weighted by Gasteiger charge is 2.30. The first-order chi connectivity index (χ1) is 26.2. The summed E-state index contributed by atoms with van der Waals surface area (Å²) < 4.78 is 28.4. The molecule has 4 heterocycles. The van der Waals surface area contributed by atoms with Crippen LogP contribution in [0.4, 0.5) is 0 Å². The van der Waals surface area contributed by atoms with E-state index in [1.54, 1.807) is 20.3 Å². The molecule has 290 valence electrons. The van der Waals surface area contributed by atoms with Crippen LogP contribution >= 0.6 is 15.9 Å². The topological polar surface area (TPSA) is 122 Å². The lowest BCUT2D eigenvalue weighted by Crippen LogP contribution is -2.09. The van der Waals surface area contributed by atoms with E-state index in [0.29, 0.717) is 24.8 Å². The van der Waals surface area contributed by atoms with Gasteiger partial charge in [0.1, 0.15) is 17.6 Å². The lowest BCUT2D eigenvalue weighted by molar-refractivity contribution is -0.141. The van der Waals surface area contributed by atoms with Crippen LogP contribution < -0.4 is 24.5 Å². The van der Waals surface area contributed by atoms with Gasteiger partial charge in [-0.25, -0.2) is 9.97 Å². The van der Waals surface area contributed by atoms with Gasteiger partial charge < -0.3 is 28.7 Å². The second-order valence-electron chi connectivity index (χ2n) is 13.9. The van der Waals surface area contributed by atoms with Gasteiger partial charge in [0.2, 0.25) is 17.3 Å². The summed E-state index contributed by atoms with van der Waals surface area (Å²) in [5.41, 5.74) is 13.4. The Morgan fingerprint density at radius 3 is 2.18 bits per heavy atom. The van der Waals surface area contributed by atoms with Gasteiger partial charge in [0.25, 0.3) is 0 Å². The minimum atomic E-state index is -0.224. The van der Waals surface area contributed by atoms with Crippen molar-refractivity contribution in [1.82, 2.24) is 15.0 Å². The van der Waals surface area contributed by atoms with Crippen LogP contribution in [0, 0.1) is 48.5 Å². The summed E-state index contributed by atoms with van der Waals surface area (Å²) in [6.45, 7) is 14.5. The van der Waals surface area contributed by atoms with Crippen LogP contribution in [0.2, 0.25) is 0 Å². The first kappa shape index (κ1) is 41.0. The fourth-order valence-electron chi connectivity index (χ4n) is 7.03. The lowest BCUT2D eigenvalue weighted by Gasteiger charge is -2.18. The monoisotopic (exact) mass is 811 g/mol. The molecule has 3 aromatic heterocycles. The second-order valence-corrected chi connectivity index (χ2v) is 14.7. The quantitative estimate of drug-likeness (QED) is 0.160. The average molecular weight is 813 g/mol. The Hall–Kier alpha value is -5.16.